The number of benzene rings is 3. The molecule has 4 rings (SSSR count). The van der Waals surface area contributed by atoms with Crippen LogP contribution in [0.4, 0.5) is 0 Å². The van der Waals surface area contributed by atoms with Crippen LogP contribution >= 0.6 is 0 Å². The molecule has 0 unspecified atom stereocenters. The van der Waals surface area contributed by atoms with Crippen molar-refractivity contribution in [3.63, 3.8) is 0 Å². The van der Waals surface area contributed by atoms with E-state index in [1.165, 1.54) is 0 Å². The van der Waals surface area contributed by atoms with Crippen LogP contribution < -0.4 is 4.74 Å². The number of aromatic nitrogens is 1. The van der Waals surface area contributed by atoms with Gasteiger partial charge in [0.05, 0.1) is 17.8 Å². The Balaban J connectivity index is 1.40. The number of nitrogens with zero attached hydrogens (tertiary/aromatic N) is 2. The Morgan fingerprint density at radius 2 is 1.48 bits per heavy atom. The van der Waals surface area contributed by atoms with E-state index in [1.54, 1.807) is 6.20 Å². The zero-order chi connectivity index (χ0) is 18.5. The first-order valence-corrected chi connectivity index (χ1v) is 8.55. The van der Waals surface area contributed by atoms with E-state index in [-0.39, 0.29) is 6.61 Å². The molecule has 0 N–H and O–H groups in total. The quantitative estimate of drug-likeness (QED) is 0.478. The molecule has 0 atom stereocenters. The molecule has 3 aromatic carbocycles. The van der Waals surface area contributed by atoms with Crippen LogP contribution in [-0.4, -0.2) is 4.98 Å². The molecule has 0 aliphatic rings. The van der Waals surface area contributed by atoms with E-state index in [4.69, 9.17) is 14.4 Å². The Hall–Kier alpha value is -3.84. The second-order valence-corrected chi connectivity index (χ2v) is 5.99. The third-order valence-electron chi connectivity index (χ3n) is 4.18. The monoisotopic (exact) mass is 352 g/mol. The van der Waals surface area contributed by atoms with Crippen molar-refractivity contribution >= 4 is 0 Å². The number of hydrogen-bond donors (Lipinski definition) is 0. The summed E-state index contributed by atoms with van der Waals surface area (Å²) in [4.78, 5) is 4.27. The third kappa shape index (κ3) is 3.88. The smallest absolute Gasteiger partial charge is 0.232 e. The lowest BCUT2D eigenvalue weighted by molar-refractivity contribution is 0.264. The summed E-state index contributed by atoms with van der Waals surface area (Å²) in [6.45, 7) is 0.267. The molecule has 0 radical (unpaired) electrons. The van der Waals surface area contributed by atoms with Crippen LogP contribution in [0.2, 0.25) is 0 Å². The van der Waals surface area contributed by atoms with Crippen molar-refractivity contribution in [2.75, 3.05) is 0 Å². The largest absolute Gasteiger partial charge is 0.484 e. The first-order valence-electron chi connectivity index (χ1n) is 8.55. The maximum absolute atomic E-state index is 8.88. The molecule has 1 aromatic heterocycles. The zero-order valence-corrected chi connectivity index (χ0v) is 14.5. The van der Waals surface area contributed by atoms with E-state index in [0.717, 1.165) is 28.2 Å². The van der Waals surface area contributed by atoms with Gasteiger partial charge in [-0.1, -0.05) is 54.6 Å². The van der Waals surface area contributed by atoms with Gasteiger partial charge in [-0.3, -0.25) is 0 Å². The minimum Gasteiger partial charge on any atom is -0.484 e. The first kappa shape index (κ1) is 16.6. The molecule has 0 saturated heterocycles. The Labute approximate surface area is 157 Å². The summed E-state index contributed by atoms with van der Waals surface area (Å²) >= 11 is 0. The zero-order valence-electron chi connectivity index (χ0n) is 14.5. The van der Waals surface area contributed by atoms with Crippen molar-refractivity contribution in [1.82, 2.24) is 4.98 Å². The van der Waals surface area contributed by atoms with Gasteiger partial charge in [-0.25, -0.2) is 4.98 Å². The summed E-state index contributed by atoms with van der Waals surface area (Å²) in [6, 6.07) is 27.3. The number of ether oxygens (including phenoxy) is 1. The third-order valence-corrected chi connectivity index (χ3v) is 4.18. The van der Waals surface area contributed by atoms with Gasteiger partial charge in [-0.05, 0) is 35.4 Å². The summed E-state index contributed by atoms with van der Waals surface area (Å²) in [6.07, 6.45) is 1.71. The van der Waals surface area contributed by atoms with E-state index in [1.807, 2.05) is 78.9 Å². The Kier molecular flexibility index (Phi) is 4.67. The normalized spacial score (nSPS) is 10.3. The molecule has 4 aromatic rings. The molecule has 27 heavy (non-hydrogen) atoms. The molecule has 0 saturated carbocycles. The van der Waals surface area contributed by atoms with Gasteiger partial charge in [0.25, 0.3) is 0 Å². The molecule has 1 heterocycles. The number of rotatable bonds is 5. The van der Waals surface area contributed by atoms with Gasteiger partial charge in [0, 0.05) is 5.56 Å². The molecule has 0 fully saturated rings. The van der Waals surface area contributed by atoms with E-state index in [9.17, 15) is 0 Å². The SMILES string of the molecule is N#Cc1ccc(-c2ccc(OCc3ncc(-c4ccccc4)o3)cc2)cc1. The van der Waals surface area contributed by atoms with E-state index in [2.05, 4.69) is 11.1 Å². The Morgan fingerprint density at radius 1 is 0.815 bits per heavy atom. The molecule has 0 aliphatic heterocycles. The summed E-state index contributed by atoms with van der Waals surface area (Å²) in [5.74, 6) is 2.00. The molecular formula is C23H16N2O2. The predicted molar refractivity (Wildman–Crippen MR) is 103 cm³/mol. The fraction of sp³-hybridized carbons (Fsp3) is 0.0435. The molecule has 130 valence electrons. The van der Waals surface area contributed by atoms with Gasteiger partial charge in [0.1, 0.15) is 5.75 Å². The highest BCUT2D eigenvalue weighted by Crippen LogP contribution is 2.24. The topological polar surface area (TPSA) is 59.0 Å². The standard InChI is InChI=1S/C23H16N2O2/c24-14-17-6-8-18(9-7-17)19-10-12-21(13-11-19)26-16-23-25-15-22(27-23)20-4-2-1-3-5-20/h1-13,15H,16H2. The maximum Gasteiger partial charge on any atom is 0.232 e. The number of nitriles is 1. The molecule has 0 amide bonds. The van der Waals surface area contributed by atoms with Gasteiger partial charge in [-0.15, -0.1) is 0 Å². The van der Waals surface area contributed by atoms with Gasteiger partial charge in [0.15, 0.2) is 12.4 Å². The van der Waals surface area contributed by atoms with Crippen LogP contribution in [-0.2, 0) is 6.61 Å². The highest BCUT2D eigenvalue weighted by Gasteiger charge is 2.07. The second kappa shape index (κ2) is 7.59. The summed E-state index contributed by atoms with van der Waals surface area (Å²) < 4.78 is 11.5. The first-order chi connectivity index (χ1) is 13.3. The summed E-state index contributed by atoms with van der Waals surface area (Å²) in [7, 11) is 0. The predicted octanol–water partition coefficient (Wildman–Crippen LogP) is 5.46. The minimum atomic E-state index is 0.267. The van der Waals surface area contributed by atoms with Crippen LogP contribution in [0, 0.1) is 11.3 Å². The van der Waals surface area contributed by atoms with Crippen molar-refractivity contribution in [1.29, 1.82) is 5.26 Å². The van der Waals surface area contributed by atoms with Crippen molar-refractivity contribution in [2.45, 2.75) is 6.61 Å². The average Bonchev–Trinajstić information content (AvgIpc) is 3.22. The molecule has 4 heteroatoms. The minimum absolute atomic E-state index is 0.267. The number of oxazole rings is 1. The summed E-state index contributed by atoms with van der Waals surface area (Å²) in [5, 5.41) is 8.88. The van der Waals surface area contributed by atoms with Crippen LogP contribution in [0.3, 0.4) is 0 Å². The van der Waals surface area contributed by atoms with Crippen LogP contribution in [0.25, 0.3) is 22.5 Å². The highest BCUT2D eigenvalue weighted by atomic mass is 16.5. The lowest BCUT2D eigenvalue weighted by atomic mass is 10.0. The van der Waals surface area contributed by atoms with Crippen molar-refractivity contribution < 1.29 is 9.15 Å². The van der Waals surface area contributed by atoms with Crippen molar-refractivity contribution in [3.8, 4) is 34.3 Å². The molecule has 0 bridgehead atoms. The molecule has 0 spiro atoms. The van der Waals surface area contributed by atoms with Crippen LogP contribution in [0.1, 0.15) is 11.5 Å². The molecule has 4 nitrogen and oxygen atoms in total. The lowest BCUT2D eigenvalue weighted by Gasteiger charge is -2.06. The Bertz CT molecular complexity index is 1060. The van der Waals surface area contributed by atoms with E-state index >= 15 is 0 Å². The fourth-order valence-corrected chi connectivity index (χ4v) is 2.74. The molecule has 0 aliphatic carbocycles. The van der Waals surface area contributed by atoms with Gasteiger partial charge >= 0.3 is 0 Å². The second-order valence-electron chi connectivity index (χ2n) is 5.99. The summed E-state index contributed by atoms with van der Waals surface area (Å²) in [5.41, 5.74) is 3.76. The maximum atomic E-state index is 8.88. The van der Waals surface area contributed by atoms with Crippen molar-refractivity contribution in [2.24, 2.45) is 0 Å². The van der Waals surface area contributed by atoms with E-state index < -0.39 is 0 Å². The number of hydrogen-bond acceptors (Lipinski definition) is 4. The van der Waals surface area contributed by atoms with Crippen molar-refractivity contribution in [3.05, 3.63) is 96.5 Å². The van der Waals surface area contributed by atoms with Gasteiger partial charge in [-0.2, -0.15) is 5.26 Å². The van der Waals surface area contributed by atoms with Gasteiger partial charge < -0.3 is 9.15 Å². The highest BCUT2D eigenvalue weighted by molar-refractivity contribution is 5.65. The van der Waals surface area contributed by atoms with Crippen LogP contribution in [0.15, 0.2) is 89.5 Å². The lowest BCUT2D eigenvalue weighted by Crippen LogP contribution is -1.95. The van der Waals surface area contributed by atoms with Crippen LogP contribution in [0.5, 0.6) is 5.75 Å². The van der Waals surface area contributed by atoms with Gasteiger partial charge in [0.2, 0.25) is 5.89 Å². The Morgan fingerprint density at radius 3 is 2.15 bits per heavy atom. The fourth-order valence-electron chi connectivity index (χ4n) is 2.74. The average molecular weight is 352 g/mol. The van der Waals surface area contributed by atoms with E-state index in [0.29, 0.717) is 11.5 Å². The molecular weight excluding hydrogens is 336 g/mol.